The summed E-state index contributed by atoms with van der Waals surface area (Å²) in [6.45, 7) is 5.42. The first-order valence-corrected chi connectivity index (χ1v) is 9.42. The maximum absolute atomic E-state index is 12.5. The van der Waals surface area contributed by atoms with E-state index in [9.17, 15) is 8.42 Å². The van der Waals surface area contributed by atoms with Crippen LogP contribution in [0, 0.1) is 0 Å². The van der Waals surface area contributed by atoms with Gasteiger partial charge in [-0.15, -0.1) is 0 Å². The molecule has 0 saturated carbocycles. The van der Waals surface area contributed by atoms with Gasteiger partial charge in [0.1, 0.15) is 4.90 Å². The number of nitrogens with zero attached hydrogens (tertiary/aromatic N) is 2. The molecule has 0 radical (unpaired) electrons. The van der Waals surface area contributed by atoms with Crippen LogP contribution in [0.2, 0.25) is 0 Å². The predicted molar refractivity (Wildman–Crippen MR) is 90.9 cm³/mol. The molecule has 0 amide bonds. The van der Waals surface area contributed by atoms with Gasteiger partial charge < -0.3 is 10.2 Å². The van der Waals surface area contributed by atoms with Crippen LogP contribution < -0.4 is 10.0 Å². The van der Waals surface area contributed by atoms with E-state index in [-0.39, 0.29) is 4.90 Å². The highest BCUT2D eigenvalue weighted by atomic mass is 32.2. The summed E-state index contributed by atoms with van der Waals surface area (Å²) < 4.78 is 27.7. The summed E-state index contributed by atoms with van der Waals surface area (Å²) in [7, 11) is -3.53. The average molecular weight is 334 g/mol. The Bertz CT molecular complexity index is 752. The zero-order valence-corrected chi connectivity index (χ0v) is 13.8. The zero-order chi connectivity index (χ0) is 16.1. The average Bonchev–Trinajstić information content (AvgIpc) is 2.59. The standard InChI is InChI=1S/C16H22N4O2S/c21-23(22,19-8-3-11-20-12-9-17-10-13-20)15-6-1-4-14-5-2-7-18-16(14)15/h1-2,4-7,17,19H,3,8-13H2. The van der Waals surface area contributed by atoms with E-state index in [1.165, 1.54) is 0 Å². The second-order valence-electron chi connectivity index (χ2n) is 5.67. The third-order valence-electron chi connectivity index (χ3n) is 4.04. The molecule has 1 saturated heterocycles. The molecule has 1 fully saturated rings. The monoisotopic (exact) mass is 334 g/mol. The maximum atomic E-state index is 12.5. The number of hydrogen-bond acceptors (Lipinski definition) is 5. The Kier molecular flexibility index (Phi) is 5.22. The van der Waals surface area contributed by atoms with E-state index in [4.69, 9.17) is 0 Å². The fourth-order valence-corrected chi connectivity index (χ4v) is 4.07. The van der Waals surface area contributed by atoms with Crippen LogP contribution in [0.4, 0.5) is 0 Å². The summed E-state index contributed by atoms with van der Waals surface area (Å²) in [6, 6.07) is 8.89. The van der Waals surface area contributed by atoms with Gasteiger partial charge in [0.2, 0.25) is 10.0 Å². The molecule has 0 atom stereocenters. The first kappa shape index (κ1) is 16.3. The van der Waals surface area contributed by atoms with Crippen LogP contribution >= 0.6 is 0 Å². The summed E-state index contributed by atoms with van der Waals surface area (Å²) in [5, 5.41) is 4.14. The number of sulfonamides is 1. The van der Waals surface area contributed by atoms with Crippen molar-refractivity contribution >= 4 is 20.9 Å². The van der Waals surface area contributed by atoms with Crippen LogP contribution in [0.25, 0.3) is 10.9 Å². The molecule has 6 nitrogen and oxygen atoms in total. The fourth-order valence-electron chi connectivity index (χ4n) is 2.81. The number of para-hydroxylation sites is 1. The minimum atomic E-state index is -3.53. The van der Waals surface area contributed by atoms with Gasteiger partial charge in [-0.25, -0.2) is 13.1 Å². The SMILES string of the molecule is O=S(=O)(NCCCN1CCNCC1)c1cccc2cccnc12. The Labute approximate surface area is 137 Å². The van der Waals surface area contributed by atoms with E-state index in [0.717, 1.165) is 44.5 Å². The third-order valence-corrected chi connectivity index (χ3v) is 5.53. The number of fused-ring (bicyclic) bond motifs is 1. The van der Waals surface area contributed by atoms with Crippen LogP contribution in [0.1, 0.15) is 6.42 Å². The second kappa shape index (κ2) is 7.35. The number of hydrogen-bond donors (Lipinski definition) is 2. The smallest absolute Gasteiger partial charge is 0.242 e. The van der Waals surface area contributed by atoms with Gasteiger partial charge >= 0.3 is 0 Å². The van der Waals surface area contributed by atoms with Crippen molar-refractivity contribution in [2.75, 3.05) is 39.3 Å². The molecule has 1 aromatic carbocycles. The molecule has 1 aliphatic rings. The molecule has 1 aromatic heterocycles. The molecule has 2 aromatic rings. The molecule has 3 rings (SSSR count). The Hall–Kier alpha value is -1.54. The van der Waals surface area contributed by atoms with Gasteiger partial charge in [-0.3, -0.25) is 4.98 Å². The lowest BCUT2D eigenvalue weighted by atomic mass is 10.2. The highest BCUT2D eigenvalue weighted by Gasteiger charge is 2.17. The minimum Gasteiger partial charge on any atom is -0.314 e. The van der Waals surface area contributed by atoms with Crippen LogP contribution in [-0.4, -0.2) is 57.6 Å². The van der Waals surface area contributed by atoms with E-state index in [1.807, 2.05) is 12.1 Å². The summed E-state index contributed by atoms with van der Waals surface area (Å²) in [4.78, 5) is 6.81. The first-order chi connectivity index (χ1) is 11.2. The third kappa shape index (κ3) is 4.06. The fraction of sp³-hybridized carbons (Fsp3) is 0.438. The van der Waals surface area contributed by atoms with Gasteiger partial charge in [0.25, 0.3) is 0 Å². The van der Waals surface area contributed by atoms with E-state index in [0.29, 0.717) is 12.1 Å². The van der Waals surface area contributed by atoms with Crippen molar-refractivity contribution in [2.24, 2.45) is 0 Å². The van der Waals surface area contributed by atoms with E-state index >= 15 is 0 Å². The van der Waals surface area contributed by atoms with Gasteiger partial charge in [0.05, 0.1) is 5.52 Å². The number of nitrogens with one attached hydrogen (secondary N) is 2. The second-order valence-corrected chi connectivity index (χ2v) is 7.41. The number of benzene rings is 1. The van der Waals surface area contributed by atoms with Crippen molar-refractivity contribution < 1.29 is 8.42 Å². The highest BCUT2D eigenvalue weighted by Crippen LogP contribution is 2.20. The predicted octanol–water partition coefficient (Wildman–Crippen LogP) is 0.808. The van der Waals surface area contributed by atoms with Crippen LogP contribution in [-0.2, 0) is 10.0 Å². The summed E-state index contributed by atoms with van der Waals surface area (Å²) in [5.41, 5.74) is 0.518. The lowest BCUT2D eigenvalue weighted by Gasteiger charge is -2.27. The van der Waals surface area contributed by atoms with Crippen molar-refractivity contribution in [1.82, 2.24) is 19.9 Å². The number of pyridine rings is 1. The van der Waals surface area contributed by atoms with Crippen LogP contribution in [0.15, 0.2) is 41.4 Å². The van der Waals surface area contributed by atoms with E-state index < -0.39 is 10.0 Å². The lowest BCUT2D eigenvalue weighted by molar-refractivity contribution is 0.239. The molecule has 0 spiro atoms. The summed E-state index contributed by atoms with van der Waals surface area (Å²) in [5.74, 6) is 0. The topological polar surface area (TPSA) is 74.3 Å². The van der Waals surface area contributed by atoms with Gasteiger partial charge in [-0.2, -0.15) is 0 Å². The van der Waals surface area contributed by atoms with Gasteiger partial charge in [-0.1, -0.05) is 18.2 Å². The number of aromatic nitrogens is 1. The van der Waals surface area contributed by atoms with Gasteiger partial charge in [-0.05, 0) is 25.1 Å². The zero-order valence-electron chi connectivity index (χ0n) is 13.0. The molecule has 2 N–H and O–H groups in total. The Balaban J connectivity index is 1.62. The number of rotatable bonds is 6. The summed E-state index contributed by atoms with van der Waals surface area (Å²) in [6.07, 6.45) is 2.42. The maximum Gasteiger partial charge on any atom is 0.242 e. The Morgan fingerprint density at radius 3 is 2.78 bits per heavy atom. The molecule has 23 heavy (non-hydrogen) atoms. The van der Waals surface area contributed by atoms with Crippen molar-refractivity contribution in [3.8, 4) is 0 Å². The van der Waals surface area contributed by atoms with Crippen LogP contribution in [0.5, 0.6) is 0 Å². The Morgan fingerprint density at radius 1 is 1.17 bits per heavy atom. The number of piperazine rings is 1. The molecule has 0 unspecified atom stereocenters. The molecule has 0 aliphatic carbocycles. The molecular weight excluding hydrogens is 312 g/mol. The largest absolute Gasteiger partial charge is 0.314 e. The van der Waals surface area contributed by atoms with E-state index in [2.05, 4.69) is 19.9 Å². The van der Waals surface area contributed by atoms with Crippen molar-refractivity contribution in [1.29, 1.82) is 0 Å². The summed E-state index contributed by atoms with van der Waals surface area (Å²) >= 11 is 0. The quantitative estimate of drug-likeness (QED) is 0.765. The highest BCUT2D eigenvalue weighted by molar-refractivity contribution is 7.89. The van der Waals surface area contributed by atoms with Crippen LogP contribution in [0.3, 0.4) is 0 Å². The first-order valence-electron chi connectivity index (χ1n) is 7.93. The molecule has 1 aliphatic heterocycles. The molecule has 2 heterocycles. The van der Waals surface area contributed by atoms with Gasteiger partial charge in [0.15, 0.2) is 0 Å². The van der Waals surface area contributed by atoms with Gasteiger partial charge in [0, 0.05) is 44.3 Å². The van der Waals surface area contributed by atoms with Crippen molar-refractivity contribution in [3.63, 3.8) is 0 Å². The molecule has 7 heteroatoms. The lowest BCUT2D eigenvalue weighted by Crippen LogP contribution is -2.44. The van der Waals surface area contributed by atoms with E-state index in [1.54, 1.807) is 24.4 Å². The molecule has 0 bridgehead atoms. The Morgan fingerprint density at radius 2 is 1.96 bits per heavy atom. The van der Waals surface area contributed by atoms with Crippen molar-refractivity contribution in [2.45, 2.75) is 11.3 Å². The molecule has 124 valence electrons. The molecular formula is C16H22N4O2S. The van der Waals surface area contributed by atoms with Crippen molar-refractivity contribution in [3.05, 3.63) is 36.5 Å². The minimum absolute atomic E-state index is 0.248. The normalized spacial score (nSPS) is 16.7.